The molecule has 0 bridgehead atoms. The predicted molar refractivity (Wildman–Crippen MR) is 190 cm³/mol. The highest BCUT2D eigenvalue weighted by molar-refractivity contribution is 7.26. The molecule has 1 heterocycles. The highest BCUT2D eigenvalue weighted by Gasteiger charge is 2.19. The molecular weight excluding hydrogens is 551 g/mol. The molecule has 0 saturated heterocycles. The molecule has 0 aliphatic carbocycles. The fourth-order valence-corrected chi connectivity index (χ4v) is 7.31. The van der Waals surface area contributed by atoms with Crippen LogP contribution in [0.1, 0.15) is 0 Å². The molecule has 0 atom stereocenters. The van der Waals surface area contributed by atoms with Gasteiger partial charge in [-0.15, -0.1) is 11.3 Å². The van der Waals surface area contributed by atoms with Crippen molar-refractivity contribution < 1.29 is 0 Å². The van der Waals surface area contributed by atoms with Crippen LogP contribution in [0.5, 0.6) is 0 Å². The molecule has 0 N–H and O–H groups in total. The largest absolute Gasteiger partial charge is 0.310 e. The molecule has 44 heavy (non-hydrogen) atoms. The van der Waals surface area contributed by atoms with Crippen LogP contribution in [0.25, 0.3) is 53.6 Å². The summed E-state index contributed by atoms with van der Waals surface area (Å²) in [5.41, 5.74) is 10.7. The Morgan fingerprint density at radius 2 is 0.795 bits per heavy atom. The zero-order valence-electron chi connectivity index (χ0n) is 24.1. The van der Waals surface area contributed by atoms with Gasteiger partial charge in [0.15, 0.2) is 0 Å². The van der Waals surface area contributed by atoms with Gasteiger partial charge in [-0.3, -0.25) is 0 Å². The molecule has 0 aliphatic heterocycles. The Balaban J connectivity index is 1.33. The normalized spacial score (nSPS) is 11.2. The van der Waals surface area contributed by atoms with E-state index in [-0.39, 0.29) is 0 Å². The van der Waals surface area contributed by atoms with Crippen molar-refractivity contribution in [2.75, 3.05) is 4.90 Å². The standard InChI is InChI=1S/C42H29NS/c1-4-12-30(13-5-1)32-20-24-35(25-21-32)43(36-26-22-33(23-27-36)31-14-6-2-7-15-31)37-28-39(34-16-8-3-9-17-34)42-40(29-37)38-18-10-11-19-41(38)44-42/h1-29H. The predicted octanol–water partition coefficient (Wildman–Crippen LogP) is 12.5. The number of fused-ring (bicyclic) bond motifs is 3. The van der Waals surface area contributed by atoms with Crippen LogP contribution in [0.4, 0.5) is 17.1 Å². The smallest absolute Gasteiger partial charge is 0.0475 e. The maximum atomic E-state index is 2.39. The van der Waals surface area contributed by atoms with E-state index in [2.05, 4.69) is 181 Å². The minimum absolute atomic E-state index is 1.12. The van der Waals surface area contributed by atoms with Crippen molar-refractivity contribution in [1.82, 2.24) is 0 Å². The van der Waals surface area contributed by atoms with Gasteiger partial charge in [-0.05, 0) is 70.3 Å². The van der Waals surface area contributed by atoms with Crippen molar-refractivity contribution in [1.29, 1.82) is 0 Å². The van der Waals surface area contributed by atoms with Gasteiger partial charge in [0.05, 0.1) is 0 Å². The summed E-state index contributed by atoms with van der Waals surface area (Å²) in [7, 11) is 0. The van der Waals surface area contributed by atoms with E-state index >= 15 is 0 Å². The van der Waals surface area contributed by atoms with E-state index in [0.717, 1.165) is 17.1 Å². The van der Waals surface area contributed by atoms with Gasteiger partial charge in [-0.25, -0.2) is 0 Å². The Kier molecular flexibility index (Phi) is 6.75. The highest BCUT2D eigenvalue weighted by atomic mass is 32.1. The topological polar surface area (TPSA) is 3.24 Å². The minimum Gasteiger partial charge on any atom is -0.310 e. The van der Waals surface area contributed by atoms with Crippen LogP contribution in [-0.2, 0) is 0 Å². The molecule has 0 amide bonds. The average molecular weight is 580 g/mol. The van der Waals surface area contributed by atoms with Gasteiger partial charge < -0.3 is 4.90 Å². The molecule has 0 aliphatic rings. The number of rotatable bonds is 6. The van der Waals surface area contributed by atoms with E-state index in [9.17, 15) is 0 Å². The van der Waals surface area contributed by atoms with Gasteiger partial charge in [-0.2, -0.15) is 0 Å². The molecular formula is C42H29NS. The fraction of sp³-hybridized carbons (Fsp3) is 0. The third kappa shape index (κ3) is 4.86. The summed E-state index contributed by atoms with van der Waals surface area (Å²) in [6.07, 6.45) is 0. The molecule has 2 heteroatoms. The molecule has 0 radical (unpaired) electrons. The monoisotopic (exact) mass is 579 g/mol. The summed E-state index contributed by atoms with van der Waals surface area (Å²) in [6.45, 7) is 0. The summed E-state index contributed by atoms with van der Waals surface area (Å²) in [6, 6.07) is 63.3. The molecule has 0 unspecified atom stereocenters. The van der Waals surface area contributed by atoms with E-state index in [0.29, 0.717) is 0 Å². The Hall–Kier alpha value is -5.44. The van der Waals surface area contributed by atoms with Crippen LogP contribution in [-0.4, -0.2) is 0 Å². The van der Waals surface area contributed by atoms with Crippen molar-refractivity contribution in [3.8, 4) is 33.4 Å². The lowest BCUT2D eigenvalue weighted by Crippen LogP contribution is -2.10. The van der Waals surface area contributed by atoms with E-state index in [1.165, 1.54) is 53.6 Å². The number of thiophene rings is 1. The third-order valence-electron chi connectivity index (χ3n) is 8.27. The van der Waals surface area contributed by atoms with Crippen molar-refractivity contribution in [3.63, 3.8) is 0 Å². The fourth-order valence-electron chi connectivity index (χ4n) is 6.09. The Bertz CT molecular complexity index is 2100. The van der Waals surface area contributed by atoms with Gasteiger partial charge in [0.2, 0.25) is 0 Å². The second kappa shape index (κ2) is 11.3. The molecule has 0 fully saturated rings. The number of nitrogens with zero attached hydrogens (tertiary/aromatic N) is 1. The second-order valence-corrected chi connectivity index (χ2v) is 12.0. The summed E-state index contributed by atoms with van der Waals surface area (Å²) in [5.74, 6) is 0. The van der Waals surface area contributed by atoms with Crippen LogP contribution in [0.15, 0.2) is 176 Å². The van der Waals surface area contributed by atoms with Crippen LogP contribution < -0.4 is 4.90 Å². The van der Waals surface area contributed by atoms with Crippen LogP contribution in [0, 0.1) is 0 Å². The van der Waals surface area contributed by atoms with Crippen molar-refractivity contribution in [2.45, 2.75) is 0 Å². The summed E-state index contributed by atoms with van der Waals surface area (Å²) in [5, 5.41) is 2.58. The van der Waals surface area contributed by atoms with Crippen LogP contribution in [0.3, 0.4) is 0 Å². The van der Waals surface area contributed by atoms with Gasteiger partial charge >= 0.3 is 0 Å². The molecule has 7 aromatic carbocycles. The summed E-state index contributed by atoms with van der Waals surface area (Å²) < 4.78 is 2.63. The highest BCUT2D eigenvalue weighted by Crippen LogP contribution is 2.45. The molecule has 0 saturated carbocycles. The van der Waals surface area contributed by atoms with Crippen molar-refractivity contribution in [3.05, 3.63) is 176 Å². The van der Waals surface area contributed by atoms with E-state index < -0.39 is 0 Å². The molecule has 8 rings (SSSR count). The van der Waals surface area contributed by atoms with E-state index in [4.69, 9.17) is 0 Å². The van der Waals surface area contributed by atoms with Crippen molar-refractivity contribution in [2.24, 2.45) is 0 Å². The lowest BCUT2D eigenvalue weighted by molar-refractivity contribution is 1.29. The Morgan fingerprint density at radius 3 is 1.34 bits per heavy atom. The molecule has 0 spiro atoms. The number of anilines is 3. The van der Waals surface area contributed by atoms with Gasteiger partial charge in [0.25, 0.3) is 0 Å². The maximum absolute atomic E-state index is 2.39. The zero-order chi connectivity index (χ0) is 29.3. The number of hydrogen-bond donors (Lipinski definition) is 0. The summed E-state index contributed by atoms with van der Waals surface area (Å²) >= 11 is 1.88. The Morgan fingerprint density at radius 1 is 0.341 bits per heavy atom. The van der Waals surface area contributed by atoms with Gasteiger partial charge in [-0.1, -0.05) is 133 Å². The lowest BCUT2D eigenvalue weighted by atomic mass is 10.00. The van der Waals surface area contributed by atoms with Crippen LogP contribution in [0.2, 0.25) is 0 Å². The number of benzene rings is 7. The first kappa shape index (κ1) is 26.2. The SMILES string of the molecule is c1ccc(-c2ccc(N(c3ccc(-c4ccccc4)cc3)c3cc(-c4ccccc4)c4sc5ccccc5c4c3)cc2)cc1. The maximum Gasteiger partial charge on any atom is 0.0475 e. The molecule has 208 valence electrons. The minimum atomic E-state index is 1.12. The number of hydrogen-bond acceptors (Lipinski definition) is 2. The zero-order valence-corrected chi connectivity index (χ0v) is 24.9. The average Bonchev–Trinajstić information content (AvgIpc) is 3.49. The molecule has 1 aromatic heterocycles. The molecule has 1 nitrogen and oxygen atoms in total. The van der Waals surface area contributed by atoms with E-state index in [1.807, 2.05) is 11.3 Å². The quantitative estimate of drug-likeness (QED) is 0.189. The molecule has 8 aromatic rings. The van der Waals surface area contributed by atoms with Crippen LogP contribution >= 0.6 is 11.3 Å². The first-order valence-electron chi connectivity index (χ1n) is 14.9. The Labute approximate surface area is 261 Å². The summed E-state index contributed by atoms with van der Waals surface area (Å²) in [4.78, 5) is 2.39. The second-order valence-electron chi connectivity index (χ2n) is 11.0. The first-order chi connectivity index (χ1) is 21.8. The third-order valence-corrected chi connectivity index (χ3v) is 9.49. The van der Waals surface area contributed by atoms with Gasteiger partial charge in [0.1, 0.15) is 0 Å². The van der Waals surface area contributed by atoms with E-state index in [1.54, 1.807) is 0 Å². The first-order valence-corrected chi connectivity index (χ1v) is 15.8. The van der Waals surface area contributed by atoms with Crippen molar-refractivity contribution >= 4 is 48.6 Å². The van der Waals surface area contributed by atoms with Gasteiger partial charge in [0, 0.05) is 42.8 Å². The lowest BCUT2D eigenvalue weighted by Gasteiger charge is -2.27.